The van der Waals surface area contributed by atoms with Crippen LogP contribution in [0.2, 0.25) is 0 Å². The van der Waals surface area contributed by atoms with Crippen molar-refractivity contribution >= 4 is 5.97 Å². The Morgan fingerprint density at radius 3 is 2.24 bits per heavy atom. The van der Waals surface area contributed by atoms with E-state index in [0.717, 1.165) is 59.2 Å². The molecule has 0 saturated heterocycles. The van der Waals surface area contributed by atoms with Crippen molar-refractivity contribution in [2.45, 2.75) is 45.1 Å². The lowest BCUT2D eigenvalue weighted by molar-refractivity contribution is -0.143. The SMILES string of the molecule is CC(=O)OC[C@H]1[C@@H]2[C@@H]3CC[C@H]4[C@@H](O)[C@H]5[C@H]6[C@H]7CCC[C@H]7[C@@H]1[C@H]6[C@@H]2[C@H]5[C@H]43. The molecular formula is C22H30O3. The minimum Gasteiger partial charge on any atom is -0.466 e. The molecular weight excluding hydrogens is 312 g/mol. The summed E-state index contributed by atoms with van der Waals surface area (Å²) in [5.41, 5.74) is 0. The van der Waals surface area contributed by atoms with Gasteiger partial charge in [-0.05, 0) is 103 Å². The van der Waals surface area contributed by atoms with Gasteiger partial charge in [0.1, 0.15) is 0 Å². The third-order valence-corrected chi connectivity index (χ3v) is 10.8. The van der Waals surface area contributed by atoms with E-state index in [9.17, 15) is 9.90 Å². The van der Waals surface area contributed by atoms with Gasteiger partial charge in [-0.25, -0.2) is 0 Å². The molecule has 0 bridgehead atoms. The molecule has 3 nitrogen and oxygen atoms in total. The van der Waals surface area contributed by atoms with Gasteiger partial charge in [0.15, 0.2) is 0 Å². The molecule has 7 rings (SSSR count). The molecule has 0 aliphatic heterocycles. The second-order valence-corrected chi connectivity index (χ2v) is 10.7. The molecule has 0 aromatic carbocycles. The van der Waals surface area contributed by atoms with Crippen molar-refractivity contribution < 1.29 is 14.6 Å². The van der Waals surface area contributed by atoms with Crippen LogP contribution in [0.15, 0.2) is 0 Å². The Kier molecular flexibility index (Phi) is 2.58. The molecule has 0 unspecified atom stereocenters. The zero-order valence-corrected chi connectivity index (χ0v) is 15.1. The van der Waals surface area contributed by atoms with Gasteiger partial charge in [-0.1, -0.05) is 6.42 Å². The van der Waals surface area contributed by atoms with Crippen molar-refractivity contribution in [1.29, 1.82) is 0 Å². The molecule has 1 N–H and O–H groups in total. The Morgan fingerprint density at radius 2 is 1.44 bits per heavy atom. The van der Waals surface area contributed by atoms with Crippen molar-refractivity contribution in [3.05, 3.63) is 0 Å². The fraction of sp³-hybridized carbons (Fsp3) is 0.955. The number of fused-ring (bicyclic) bond motifs is 5. The maximum Gasteiger partial charge on any atom is 0.302 e. The third kappa shape index (κ3) is 1.41. The van der Waals surface area contributed by atoms with Crippen molar-refractivity contribution in [1.82, 2.24) is 0 Å². The summed E-state index contributed by atoms with van der Waals surface area (Å²) in [5.74, 6) is 10.3. The van der Waals surface area contributed by atoms with E-state index in [1.165, 1.54) is 32.1 Å². The molecule has 3 heteroatoms. The van der Waals surface area contributed by atoms with Gasteiger partial charge in [-0.3, -0.25) is 4.79 Å². The lowest BCUT2D eigenvalue weighted by atomic mass is 9.74. The second kappa shape index (κ2) is 4.46. The molecule has 0 radical (unpaired) electrons. The van der Waals surface area contributed by atoms with E-state index >= 15 is 0 Å². The van der Waals surface area contributed by atoms with Crippen molar-refractivity contribution in [2.75, 3.05) is 6.61 Å². The highest BCUT2D eigenvalue weighted by Gasteiger charge is 2.80. The van der Waals surface area contributed by atoms with E-state index in [4.69, 9.17) is 4.74 Å². The van der Waals surface area contributed by atoms with Gasteiger partial charge in [0.25, 0.3) is 0 Å². The fourth-order valence-corrected chi connectivity index (χ4v) is 11.1. The van der Waals surface area contributed by atoms with Crippen LogP contribution >= 0.6 is 0 Å². The highest BCUT2D eigenvalue weighted by molar-refractivity contribution is 5.65. The van der Waals surface area contributed by atoms with Crippen LogP contribution in [0.4, 0.5) is 0 Å². The van der Waals surface area contributed by atoms with Crippen LogP contribution in [-0.4, -0.2) is 23.8 Å². The third-order valence-electron chi connectivity index (χ3n) is 10.8. The van der Waals surface area contributed by atoms with Crippen molar-refractivity contribution in [3.8, 4) is 0 Å². The molecule has 7 fully saturated rings. The molecule has 0 heterocycles. The molecule has 7 saturated carbocycles. The quantitative estimate of drug-likeness (QED) is 0.785. The summed E-state index contributed by atoms with van der Waals surface area (Å²) in [5, 5.41) is 11.2. The Morgan fingerprint density at radius 1 is 0.800 bits per heavy atom. The average molecular weight is 342 g/mol. The van der Waals surface area contributed by atoms with E-state index in [-0.39, 0.29) is 12.1 Å². The monoisotopic (exact) mass is 342 g/mol. The van der Waals surface area contributed by atoms with Gasteiger partial charge in [-0.2, -0.15) is 0 Å². The van der Waals surface area contributed by atoms with Gasteiger partial charge in [0.05, 0.1) is 12.7 Å². The summed E-state index contributed by atoms with van der Waals surface area (Å²) in [4.78, 5) is 11.6. The topological polar surface area (TPSA) is 46.5 Å². The number of carbonyl (C=O) groups is 1. The zero-order chi connectivity index (χ0) is 16.6. The first-order valence-electron chi connectivity index (χ1n) is 11.0. The standard InChI is InChI=1S/C22H30O3/c1-8(23)25-7-13-14-9-3-2-4-10(9)17-18(14)19-16(13)11-5-6-12-15(11)20(19)21(17)22(12)24/h9-22,24H,2-7H2,1H3/t9-,10+,11-,12-,13-,14+,15+,16+,17+,18-,19-,20-,21+,22-/m1/s1. The van der Waals surface area contributed by atoms with E-state index < -0.39 is 0 Å². The maximum atomic E-state index is 11.6. The molecule has 7 aliphatic rings. The molecule has 136 valence electrons. The molecule has 25 heavy (non-hydrogen) atoms. The number of hydrogen-bond donors (Lipinski definition) is 1. The molecule has 7 aliphatic carbocycles. The van der Waals surface area contributed by atoms with Crippen LogP contribution < -0.4 is 0 Å². The van der Waals surface area contributed by atoms with Crippen LogP contribution in [0.3, 0.4) is 0 Å². The molecule has 0 spiro atoms. The van der Waals surface area contributed by atoms with Gasteiger partial charge >= 0.3 is 5.97 Å². The lowest BCUT2D eigenvalue weighted by Gasteiger charge is -2.31. The Bertz CT molecular complexity index is 639. The molecule has 0 aromatic heterocycles. The fourth-order valence-electron chi connectivity index (χ4n) is 11.1. The molecule has 14 atom stereocenters. The molecule has 0 amide bonds. The van der Waals surface area contributed by atoms with Gasteiger partial charge < -0.3 is 9.84 Å². The number of carbonyl (C=O) groups excluding carboxylic acids is 1. The average Bonchev–Trinajstić information content (AvgIpc) is 3.33. The van der Waals surface area contributed by atoms with E-state index in [0.29, 0.717) is 24.4 Å². The lowest BCUT2D eigenvalue weighted by Crippen LogP contribution is -2.31. The first-order valence-corrected chi connectivity index (χ1v) is 11.0. The number of ether oxygens (including phenoxy) is 1. The van der Waals surface area contributed by atoms with Crippen LogP contribution in [0.25, 0.3) is 0 Å². The zero-order valence-electron chi connectivity index (χ0n) is 15.1. The second-order valence-electron chi connectivity index (χ2n) is 10.7. The first kappa shape index (κ1) is 14.5. The largest absolute Gasteiger partial charge is 0.466 e. The van der Waals surface area contributed by atoms with Crippen LogP contribution in [0, 0.1) is 76.9 Å². The summed E-state index contributed by atoms with van der Waals surface area (Å²) >= 11 is 0. The number of hydrogen-bond acceptors (Lipinski definition) is 3. The van der Waals surface area contributed by atoms with Crippen LogP contribution in [0.1, 0.15) is 39.0 Å². The summed E-state index contributed by atoms with van der Waals surface area (Å²) in [6.45, 7) is 2.27. The normalized spacial score (nSPS) is 67.1. The first-order chi connectivity index (χ1) is 12.2. The minimum absolute atomic E-state index is 0.0171. The van der Waals surface area contributed by atoms with E-state index in [1.54, 1.807) is 6.92 Å². The number of aliphatic hydroxyl groups excluding tert-OH is 1. The Hall–Kier alpha value is -0.570. The predicted octanol–water partition coefficient (Wildman–Crippen LogP) is 2.97. The minimum atomic E-state index is -0.0923. The maximum absolute atomic E-state index is 11.6. The Balaban J connectivity index is 1.36. The summed E-state index contributed by atoms with van der Waals surface area (Å²) in [6, 6.07) is 0. The summed E-state index contributed by atoms with van der Waals surface area (Å²) in [6.07, 6.45) is 6.84. The van der Waals surface area contributed by atoms with Crippen molar-refractivity contribution in [2.24, 2.45) is 76.9 Å². The number of aliphatic hydroxyl groups is 1. The van der Waals surface area contributed by atoms with Gasteiger partial charge in [0.2, 0.25) is 0 Å². The highest BCUT2D eigenvalue weighted by Crippen LogP contribution is 2.83. The van der Waals surface area contributed by atoms with Crippen LogP contribution in [-0.2, 0) is 9.53 Å². The predicted molar refractivity (Wildman–Crippen MR) is 91.1 cm³/mol. The van der Waals surface area contributed by atoms with Crippen molar-refractivity contribution in [3.63, 3.8) is 0 Å². The summed E-state index contributed by atoms with van der Waals surface area (Å²) in [7, 11) is 0. The number of esters is 1. The van der Waals surface area contributed by atoms with E-state index in [2.05, 4.69) is 0 Å². The van der Waals surface area contributed by atoms with E-state index in [1.807, 2.05) is 0 Å². The van der Waals surface area contributed by atoms with Crippen LogP contribution in [0.5, 0.6) is 0 Å². The van der Waals surface area contributed by atoms with Gasteiger partial charge in [0, 0.05) is 6.92 Å². The smallest absolute Gasteiger partial charge is 0.302 e. The molecule has 0 aromatic rings. The summed E-state index contributed by atoms with van der Waals surface area (Å²) < 4.78 is 5.66. The highest BCUT2D eigenvalue weighted by atomic mass is 16.5. The number of rotatable bonds is 2. The van der Waals surface area contributed by atoms with Gasteiger partial charge in [-0.15, -0.1) is 0 Å². The Labute approximate surface area is 149 Å².